The smallest absolute Gasteiger partial charge is 0.269 e. The van der Waals surface area contributed by atoms with E-state index >= 15 is 0 Å². The van der Waals surface area contributed by atoms with Crippen LogP contribution in [0, 0.1) is 0 Å². The lowest BCUT2D eigenvalue weighted by Gasteiger charge is -2.30. The van der Waals surface area contributed by atoms with Gasteiger partial charge in [-0.25, -0.2) is 4.21 Å². The first-order valence-corrected chi connectivity index (χ1v) is 10.6. The lowest BCUT2D eigenvalue weighted by Crippen LogP contribution is -2.42. The van der Waals surface area contributed by atoms with Crippen LogP contribution in [-0.2, 0) is 11.2 Å². The van der Waals surface area contributed by atoms with Crippen molar-refractivity contribution >= 4 is 40.1 Å². The number of carbonyl (C=O) groups is 1. The molecule has 0 saturated carbocycles. The van der Waals surface area contributed by atoms with Crippen LogP contribution < -0.4 is 10.6 Å². The van der Waals surface area contributed by atoms with Gasteiger partial charge in [-0.2, -0.15) is 0 Å². The molecule has 4 rings (SSSR count). The number of hydrogen-bond acceptors (Lipinski definition) is 6. The Morgan fingerprint density at radius 3 is 2.53 bits per heavy atom. The molecule has 0 bridgehead atoms. The third kappa shape index (κ3) is 4.34. The van der Waals surface area contributed by atoms with Crippen LogP contribution >= 0.6 is 0 Å². The second kappa shape index (κ2) is 8.64. The van der Waals surface area contributed by atoms with Crippen LogP contribution in [0.5, 0.6) is 5.75 Å². The number of β-amino-alcohol motifs (C(OH)–C–C–N with tert-alkyl or cyclic N) is 1. The summed E-state index contributed by atoms with van der Waals surface area (Å²) in [5.74, 6) is -0.162. The van der Waals surface area contributed by atoms with Gasteiger partial charge in [0.05, 0.1) is 17.4 Å². The number of rotatable bonds is 3. The number of aliphatic hydroxyl groups is 1. The molecule has 1 fully saturated rings. The van der Waals surface area contributed by atoms with Crippen molar-refractivity contribution in [3.8, 4) is 5.75 Å². The summed E-state index contributed by atoms with van der Waals surface area (Å²) in [4.78, 5) is 14.4. The van der Waals surface area contributed by atoms with Crippen LogP contribution in [0.2, 0.25) is 0 Å². The first-order valence-electron chi connectivity index (χ1n) is 9.49. The normalized spacial score (nSPS) is 21.0. The van der Waals surface area contributed by atoms with Gasteiger partial charge >= 0.3 is 0 Å². The van der Waals surface area contributed by atoms with E-state index in [1.54, 1.807) is 12.1 Å². The lowest BCUT2D eigenvalue weighted by atomic mass is 10.1. The summed E-state index contributed by atoms with van der Waals surface area (Å²) in [6.45, 7) is 0.760. The zero-order valence-corrected chi connectivity index (χ0v) is 16.8. The van der Waals surface area contributed by atoms with Crippen molar-refractivity contribution in [2.75, 3.05) is 23.7 Å². The van der Waals surface area contributed by atoms with Crippen molar-refractivity contribution in [3.05, 3.63) is 54.1 Å². The van der Waals surface area contributed by atoms with Crippen molar-refractivity contribution < 1.29 is 19.2 Å². The number of likely N-dealkylation sites (tertiary alicyclic amines) is 1. The number of nitrogens with zero attached hydrogens (tertiary/aromatic N) is 3. The molecular weight excluding hydrogens is 406 g/mol. The number of aliphatic hydroxyl groups excluding tert-OH is 1. The number of amidine groups is 2. The van der Waals surface area contributed by atoms with Gasteiger partial charge in [0.2, 0.25) is 0 Å². The number of hydrogen-bond donors (Lipinski definition) is 4. The molecule has 2 aliphatic rings. The molecule has 0 spiro atoms. The second-order valence-electron chi connectivity index (χ2n) is 6.98. The average Bonchev–Trinajstić information content (AvgIpc) is 3.08. The number of benzene rings is 2. The predicted octanol–water partition coefficient (Wildman–Crippen LogP) is 1.90. The molecule has 10 heteroatoms. The third-order valence-electron chi connectivity index (χ3n) is 4.80. The topological polar surface area (TPSA) is 127 Å². The molecular formula is C20H21N5O4S. The number of anilines is 2. The minimum absolute atomic E-state index is 0.114. The largest absolute Gasteiger partial charge is 0.505 e. The molecule has 2 aliphatic heterocycles. The Labute approximate surface area is 175 Å². The van der Waals surface area contributed by atoms with Crippen LogP contribution in [-0.4, -0.2) is 56.1 Å². The molecule has 2 atom stereocenters. The van der Waals surface area contributed by atoms with Crippen LogP contribution in [0.4, 0.5) is 11.4 Å². The number of phenolic OH excluding ortho intramolecular Hbond substituents is 1. The predicted molar refractivity (Wildman–Crippen MR) is 116 cm³/mol. The van der Waals surface area contributed by atoms with Gasteiger partial charge < -0.3 is 25.7 Å². The van der Waals surface area contributed by atoms with E-state index in [2.05, 4.69) is 19.4 Å². The molecule has 2 unspecified atom stereocenters. The maximum atomic E-state index is 12.8. The van der Waals surface area contributed by atoms with Crippen LogP contribution in [0.15, 0.2) is 57.3 Å². The van der Waals surface area contributed by atoms with Gasteiger partial charge in [0.1, 0.15) is 0 Å². The minimum Gasteiger partial charge on any atom is -0.505 e. The maximum Gasteiger partial charge on any atom is 0.269 e. The van der Waals surface area contributed by atoms with Crippen molar-refractivity contribution in [2.24, 2.45) is 8.80 Å². The number of phenols is 1. The van der Waals surface area contributed by atoms with E-state index in [0.29, 0.717) is 19.4 Å². The molecule has 2 aromatic rings. The Bertz CT molecular complexity index is 1040. The van der Waals surface area contributed by atoms with Gasteiger partial charge in [0.15, 0.2) is 17.4 Å². The fourth-order valence-corrected chi connectivity index (χ4v) is 3.96. The van der Waals surface area contributed by atoms with E-state index in [0.717, 1.165) is 5.69 Å². The monoisotopic (exact) mass is 427 g/mol. The first kappa shape index (κ1) is 20.0. The second-order valence-corrected chi connectivity index (χ2v) is 7.80. The molecule has 1 amide bonds. The summed E-state index contributed by atoms with van der Waals surface area (Å²) in [6, 6.07) is 13.9. The number of piperidine rings is 1. The number of carbonyl (C=O) groups excluding carboxylic acids is 1. The quantitative estimate of drug-likeness (QED) is 0.554. The van der Waals surface area contributed by atoms with Crippen molar-refractivity contribution in [1.29, 1.82) is 0 Å². The van der Waals surface area contributed by atoms with Gasteiger partial charge in [-0.3, -0.25) is 4.79 Å². The fourth-order valence-electron chi connectivity index (χ4n) is 3.34. The van der Waals surface area contributed by atoms with Gasteiger partial charge in [0, 0.05) is 18.8 Å². The Hall–Kier alpha value is -3.24. The van der Waals surface area contributed by atoms with Gasteiger partial charge in [-0.05, 0) is 37.1 Å². The Balaban J connectivity index is 1.54. The van der Waals surface area contributed by atoms with Crippen molar-refractivity contribution in [2.45, 2.75) is 18.9 Å². The highest BCUT2D eigenvalue weighted by molar-refractivity contribution is 7.83. The Morgan fingerprint density at radius 1 is 1.07 bits per heavy atom. The molecule has 0 aromatic heterocycles. The molecule has 0 aliphatic carbocycles. The molecule has 2 aromatic carbocycles. The maximum absolute atomic E-state index is 12.8. The number of aromatic hydroxyl groups is 1. The zero-order valence-electron chi connectivity index (χ0n) is 16.0. The highest BCUT2D eigenvalue weighted by atomic mass is 32.2. The number of amides is 1. The molecule has 156 valence electrons. The van der Waals surface area contributed by atoms with E-state index in [1.165, 1.54) is 11.0 Å². The molecule has 2 heterocycles. The summed E-state index contributed by atoms with van der Waals surface area (Å²) in [6.07, 6.45) is 0.807. The van der Waals surface area contributed by atoms with Gasteiger partial charge in [-0.1, -0.05) is 24.3 Å². The van der Waals surface area contributed by atoms with Crippen molar-refractivity contribution in [3.63, 3.8) is 0 Å². The van der Waals surface area contributed by atoms with Gasteiger partial charge in [-0.15, -0.1) is 8.80 Å². The fraction of sp³-hybridized carbons (Fsp3) is 0.250. The van der Waals surface area contributed by atoms with Crippen molar-refractivity contribution in [1.82, 2.24) is 4.90 Å². The number of para-hydroxylation sites is 2. The van der Waals surface area contributed by atoms with Crippen LogP contribution in [0.1, 0.15) is 23.2 Å². The van der Waals surface area contributed by atoms with E-state index in [-0.39, 0.29) is 41.1 Å². The summed E-state index contributed by atoms with van der Waals surface area (Å²) in [5, 5.41) is 26.5. The molecule has 0 radical (unpaired) electrons. The van der Waals surface area contributed by atoms with Crippen LogP contribution in [0.3, 0.4) is 0 Å². The highest BCUT2D eigenvalue weighted by Gasteiger charge is 2.27. The Morgan fingerprint density at radius 2 is 1.80 bits per heavy atom. The SMILES string of the molecule is O=C(c1cccc(NC2=NS(=O)N=C2Nc2ccccc2)c1O)N1CCCC(O)C1. The van der Waals surface area contributed by atoms with Crippen LogP contribution in [0.25, 0.3) is 0 Å². The standard InChI is InChI=1S/C20H21N5O4S/c26-14-8-5-11-25(12-14)20(28)15-9-4-10-16(17(15)27)22-19-18(23-30(29)24-19)21-13-6-2-1-3-7-13/h1-4,6-7,9-10,14,26-27H,5,8,11-12H2,(H,21,23)(H,22,24). The summed E-state index contributed by atoms with van der Waals surface area (Å²) in [5.41, 5.74) is 1.09. The third-order valence-corrected chi connectivity index (χ3v) is 5.48. The zero-order chi connectivity index (χ0) is 21.1. The van der Waals surface area contributed by atoms with Gasteiger partial charge in [0.25, 0.3) is 17.1 Å². The number of nitrogens with one attached hydrogen (secondary N) is 2. The Kier molecular flexibility index (Phi) is 5.77. The molecule has 4 N–H and O–H groups in total. The minimum atomic E-state index is -1.79. The van der Waals surface area contributed by atoms with E-state index < -0.39 is 17.3 Å². The summed E-state index contributed by atoms with van der Waals surface area (Å²) < 4.78 is 19.8. The van der Waals surface area contributed by atoms with E-state index in [9.17, 15) is 19.2 Å². The van der Waals surface area contributed by atoms with E-state index in [4.69, 9.17) is 0 Å². The lowest BCUT2D eigenvalue weighted by molar-refractivity contribution is 0.0471. The molecule has 1 saturated heterocycles. The first-order chi connectivity index (χ1) is 14.5. The molecule has 30 heavy (non-hydrogen) atoms. The summed E-state index contributed by atoms with van der Waals surface area (Å²) in [7, 11) is 0. The average molecular weight is 427 g/mol. The molecule has 9 nitrogen and oxygen atoms in total. The highest BCUT2D eigenvalue weighted by Crippen LogP contribution is 2.30. The summed E-state index contributed by atoms with van der Waals surface area (Å²) >= 11 is -1.79. The van der Waals surface area contributed by atoms with E-state index in [1.807, 2.05) is 30.3 Å².